The van der Waals surface area contributed by atoms with E-state index in [2.05, 4.69) is 24.4 Å². The number of ketones is 1. The van der Waals surface area contributed by atoms with Crippen LogP contribution < -0.4 is 5.32 Å². The van der Waals surface area contributed by atoms with Gasteiger partial charge in [0, 0.05) is 36.1 Å². The number of fused-ring (bicyclic) bond motifs is 3. The normalized spacial score (nSPS) is 32.0. The van der Waals surface area contributed by atoms with Crippen molar-refractivity contribution in [2.45, 2.75) is 44.1 Å². The van der Waals surface area contributed by atoms with Crippen LogP contribution in [-0.4, -0.2) is 23.5 Å². The van der Waals surface area contributed by atoms with E-state index >= 15 is 0 Å². The van der Waals surface area contributed by atoms with Crippen LogP contribution in [0.1, 0.15) is 38.2 Å². The molecule has 1 unspecified atom stereocenters. The van der Waals surface area contributed by atoms with Gasteiger partial charge in [-0.1, -0.05) is 31.5 Å². The van der Waals surface area contributed by atoms with E-state index in [1.54, 1.807) is 0 Å². The number of carbonyl (C=O) groups excluding carboxylic acids is 1. The molecule has 1 aliphatic carbocycles. The minimum atomic E-state index is -0.178. The van der Waals surface area contributed by atoms with Crippen molar-refractivity contribution < 1.29 is 9.90 Å². The lowest BCUT2D eigenvalue weighted by Gasteiger charge is -2.30. The summed E-state index contributed by atoms with van der Waals surface area (Å²) in [4.78, 5) is 12.3. The van der Waals surface area contributed by atoms with Gasteiger partial charge in [-0.3, -0.25) is 4.79 Å². The summed E-state index contributed by atoms with van der Waals surface area (Å²) in [5.41, 5.74) is 2.19. The maximum atomic E-state index is 12.3. The van der Waals surface area contributed by atoms with E-state index in [-0.39, 0.29) is 24.0 Å². The zero-order chi connectivity index (χ0) is 13.5. The number of nitrogens with one attached hydrogen (secondary N) is 1. The maximum absolute atomic E-state index is 12.3. The molecular weight excluding hydrogens is 238 g/mol. The molecule has 1 saturated carbocycles. The molecule has 19 heavy (non-hydrogen) atoms. The number of anilines is 1. The highest BCUT2D eigenvalue weighted by Gasteiger charge is 2.57. The third-order valence-electron chi connectivity index (χ3n) is 4.83. The summed E-state index contributed by atoms with van der Waals surface area (Å²) in [6.07, 6.45) is 3.22. The van der Waals surface area contributed by atoms with E-state index in [0.29, 0.717) is 18.6 Å². The van der Waals surface area contributed by atoms with Gasteiger partial charge in [0.15, 0.2) is 0 Å². The number of hydrogen-bond donors (Lipinski definition) is 2. The van der Waals surface area contributed by atoms with Crippen LogP contribution in [0.15, 0.2) is 24.3 Å². The molecule has 3 heteroatoms. The Morgan fingerprint density at radius 1 is 1.42 bits per heavy atom. The van der Waals surface area contributed by atoms with Gasteiger partial charge < -0.3 is 10.4 Å². The van der Waals surface area contributed by atoms with Gasteiger partial charge in [-0.25, -0.2) is 0 Å². The first-order chi connectivity index (χ1) is 9.23. The van der Waals surface area contributed by atoms with Gasteiger partial charge in [0.05, 0.1) is 0 Å². The molecule has 102 valence electrons. The van der Waals surface area contributed by atoms with Crippen LogP contribution >= 0.6 is 0 Å². The summed E-state index contributed by atoms with van der Waals surface area (Å²) in [6, 6.07) is 8.42. The average molecular weight is 259 g/mol. The van der Waals surface area contributed by atoms with E-state index in [0.717, 1.165) is 18.5 Å². The molecule has 1 heterocycles. The van der Waals surface area contributed by atoms with Gasteiger partial charge in [0.25, 0.3) is 0 Å². The number of rotatable bonds is 4. The largest absolute Gasteiger partial charge is 0.396 e. The van der Waals surface area contributed by atoms with Gasteiger partial charge in [0.2, 0.25) is 0 Å². The molecule has 0 radical (unpaired) electrons. The summed E-state index contributed by atoms with van der Waals surface area (Å²) in [5.74, 6) is 0.464. The molecule has 0 bridgehead atoms. The number of aliphatic hydroxyl groups is 1. The molecule has 1 aromatic carbocycles. The highest BCUT2D eigenvalue weighted by atomic mass is 16.3. The van der Waals surface area contributed by atoms with Crippen LogP contribution in [0.25, 0.3) is 0 Å². The Morgan fingerprint density at radius 3 is 2.95 bits per heavy atom. The number of aliphatic hydroxyl groups excluding tert-OH is 1. The van der Waals surface area contributed by atoms with E-state index in [9.17, 15) is 9.90 Å². The Kier molecular flexibility index (Phi) is 3.09. The van der Waals surface area contributed by atoms with Crippen LogP contribution in [-0.2, 0) is 10.2 Å². The standard InChI is InChI=1S/C16H21NO2/c1-2-5-11-14(19)10-16(8-9-18)12-6-3-4-7-13(12)17-15(11)16/h3-4,6-7,11,15,17-18H,2,5,8-10H2,1H3/t11?,15-,16-/m0/s1. The lowest BCUT2D eigenvalue weighted by Crippen LogP contribution is -2.38. The van der Waals surface area contributed by atoms with Crippen molar-refractivity contribution in [1.82, 2.24) is 0 Å². The van der Waals surface area contributed by atoms with Crippen molar-refractivity contribution >= 4 is 11.5 Å². The summed E-state index contributed by atoms with van der Waals surface area (Å²) < 4.78 is 0. The first kappa shape index (κ1) is 12.7. The molecule has 1 fully saturated rings. The number of carbonyl (C=O) groups is 1. The van der Waals surface area contributed by atoms with E-state index < -0.39 is 0 Å². The summed E-state index contributed by atoms with van der Waals surface area (Å²) >= 11 is 0. The first-order valence-corrected chi connectivity index (χ1v) is 7.22. The number of para-hydroxylation sites is 1. The zero-order valence-electron chi connectivity index (χ0n) is 11.4. The van der Waals surface area contributed by atoms with Crippen molar-refractivity contribution in [2.24, 2.45) is 5.92 Å². The van der Waals surface area contributed by atoms with E-state index in [1.807, 2.05) is 12.1 Å². The Hall–Kier alpha value is -1.35. The van der Waals surface area contributed by atoms with Crippen LogP contribution in [0.3, 0.4) is 0 Å². The van der Waals surface area contributed by atoms with Crippen molar-refractivity contribution in [1.29, 1.82) is 0 Å². The number of hydrogen-bond acceptors (Lipinski definition) is 3. The quantitative estimate of drug-likeness (QED) is 0.873. The highest BCUT2D eigenvalue weighted by molar-refractivity contribution is 5.90. The zero-order valence-corrected chi connectivity index (χ0v) is 11.4. The molecule has 2 aliphatic rings. The molecule has 0 aromatic heterocycles. The van der Waals surface area contributed by atoms with Crippen molar-refractivity contribution in [3.05, 3.63) is 29.8 Å². The summed E-state index contributed by atoms with van der Waals surface area (Å²) in [5, 5.41) is 13.0. The summed E-state index contributed by atoms with van der Waals surface area (Å²) in [7, 11) is 0. The van der Waals surface area contributed by atoms with Gasteiger partial charge in [-0.05, 0) is 24.5 Å². The fourth-order valence-electron chi connectivity index (χ4n) is 4.05. The average Bonchev–Trinajstić information content (AvgIpc) is 2.83. The predicted octanol–water partition coefficient (Wildman–Crippen LogP) is 2.49. The molecule has 3 nitrogen and oxygen atoms in total. The fourth-order valence-corrected chi connectivity index (χ4v) is 4.05. The lowest BCUT2D eigenvalue weighted by molar-refractivity contribution is -0.121. The predicted molar refractivity (Wildman–Crippen MR) is 75.3 cm³/mol. The van der Waals surface area contributed by atoms with Gasteiger partial charge in [-0.15, -0.1) is 0 Å². The number of benzene rings is 1. The van der Waals surface area contributed by atoms with Crippen LogP contribution in [0.2, 0.25) is 0 Å². The van der Waals surface area contributed by atoms with Crippen LogP contribution in [0.5, 0.6) is 0 Å². The van der Waals surface area contributed by atoms with Crippen molar-refractivity contribution in [3.8, 4) is 0 Å². The van der Waals surface area contributed by atoms with E-state index in [4.69, 9.17) is 0 Å². The van der Waals surface area contributed by atoms with Crippen LogP contribution in [0.4, 0.5) is 5.69 Å². The fraction of sp³-hybridized carbons (Fsp3) is 0.562. The molecule has 1 aliphatic heterocycles. The Bertz CT molecular complexity index is 499. The second-order valence-corrected chi connectivity index (χ2v) is 5.84. The Morgan fingerprint density at radius 2 is 2.21 bits per heavy atom. The highest BCUT2D eigenvalue weighted by Crippen LogP contribution is 2.53. The first-order valence-electron chi connectivity index (χ1n) is 7.22. The molecule has 0 spiro atoms. The Balaban J connectivity index is 2.05. The van der Waals surface area contributed by atoms with Crippen LogP contribution in [0, 0.1) is 5.92 Å². The Labute approximate surface area is 114 Å². The molecule has 3 atom stereocenters. The van der Waals surface area contributed by atoms with Gasteiger partial charge in [0.1, 0.15) is 5.78 Å². The van der Waals surface area contributed by atoms with E-state index in [1.165, 1.54) is 5.56 Å². The molecule has 1 aromatic rings. The third kappa shape index (κ3) is 1.71. The SMILES string of the molecule is CCCC1C(=O)C[C@@]2(CCO)c3ccccc3N[C@@H]12. The molecular formula is C16H21NO2. The maximum Gasteiger partial charge on any atom is 0.139 e. The van der Waals surface area contributed by atoms with Gasteiger partial charge >= 0.3 is 0 Å². The minimum Gasteiger partial charge on any atom is -0.396 e. The second-order valence-electron chi connectivity index (χ2n) is 5.84. The van der Waals surface area contributed by atoms with Gasteiger partial charge in [-0.2, -0.15) is 0 Å². The second kappa shape index (κ2) is 4.64. The molecule has 2 N–H and O–H groups in total. The molecule has 3 rings (SSSR count). The monoisotopic (exact) mass is 259 g/mol. The summed E-state index contributed by atoms with van der Waals surface area (Å²) in [6.45, 7) is 2.26. The third-order valence-corrected chi connectivity index (χ3v) is 4.83. The minimum absolute atomic E-state index is 0.101. The van der Waals surface area contributed by atoms with Crippen molar-refractivity contribution in [2.75, 3.05) is 11.9 Å². The lowest BCUT2D eigenvalue weighted by atomic mass is 9.74. The smallest absolute Gasteiger partial charge is 0.139 e. The topological polar surface area (TPSA) is 49.3 Å². The molecule has 0 amide bonds. The molecule has 0 saturated heterocycles. The van der Waals surface area contributed by atoms with Crippen molar-refractivity contribution in [3.63, 3.8) is 0 Å². The number of Topliss-reactive ketones (excluding diaryl/α,β-unsaturated/α-hetero) is 1.